The molecular formula is C30H36FN3O5S. The molecule has 2 heterocycles. The van der Waals surface area contributed by atoms with Crippen LogP contribution in [0.15, 0.2) is 60.7 Å². The monoisotopic (exact) mass is 569 g/mol. The average Bonchev–Trinajstić information content (AvgIpc) is 2.94. The molecule has 3 atom stereocenters. The van der Waals surface area contributed by atoms with Crippen molar-refractivity contribution >= 4 is 22.0 Å². The number of methoxy groups -OCH3 is 1. The van der Waals surface area contributed by atoms with Gasteiger partial charge in [-0.2, -0.15) is 0 Å². The molecule has 214 valence electrons. The number of hydrogen-bond donors (Lipinski definition) is 0. The quantitative estimate of drug-likeness (QED) is 0.316. The maximum absolute atomic E-state index is 13.8. The normalized spacial score (nSPS) is 19.8. The van der Waals surface area contributed by atoms with Gasteiger partial charge in [0.15, 0.2) is 6.29 Å². The Hall–Kier alpha value is -3.18. The van der Waals surface area contributed by atoms with Crippen molar-refractivity contribution in [3.63, 3.8) is 0 Å². The van der Waals surface area contributed by atoms with Crippen LogP contribution in [-0.2, 0) is 30.8 Å². The third-order valence-corrected chi connectivity index (χ3v) is 7.91. The van der Waals surface area contributed by atoms with Gasteiger partial charge in [-0.05, 0) is 35.7 Å². The van der Waals surface area contributed by atoms with E-state index >= 15 is 0 Å². The Morgan fingerprint density at radius 2 is 1.80 bits per heavy atom. The molecule has 1 aromatic heterocycles. The summed E-state index contributed by atoms with van der Waals surface area (Å²) < 4.78 is 57.3. The molecule has 4 rings (SSSR count). The maximum Gasteiger partial charge on any atom is 0.239 e. The van der Waals surface area contributed by atoms with Crippen LogP contribution in [0.2, 0.25) is 0 Å². The molecule has 10 heteroatoms. The van der Waals surface area contributed by atoms with Crippen LogP contribution in [0.1, 0.15) is 49.4 Å². The fourth-order valence-electron chi connectivity index (χ4n) is 4.48. The van der Waals surface area contributed by atoms with Gasteiger partial charge in [0.25, 0.3) is 0 Å². The van der Waals surface area contributed by atoms with Crippen molar-refractivity contribution in [1.29, 1.82) is 0 Å². The fraction of sp³-hybridized carbons (Fsp3) is 0.400. The predicted octanol–water partition coefficient (Wildman–Crippen LogP) is 5.55. The summed E-state index contributed by atoms with van der Waals surface area (Å²) in [6.07, 6.45) is 5.36. The molecular weight excluding hydrogens is 533 g/mol. The zero-order valence-electron chi connectivity index (χ0n) is 23.5. The van der Waals surface area contributed by atoms with Gasteiger partial charge in [0.1, 0.15) is 5.82 Å². The number of benzene rings is 2. The lowest BCUT2D eigenvalue weighted by molar-refractivity contribution is -0.200. The Morgan fingerprint density at radius 1 is 1.10 bits per heavy atom. The van der Waals surface area contributed by atoms with Crippen molar-refractivity contribution in [2.24, 2.45) is 0 Å². The van der Waals surface area contributed by atoms with E-state index in [1.54, 1.807) is 19.2 Å². The van der Waals surface area contributed by atoms with Gasteiger partial charge >= 0.3 is 0 Å². The molecule has 0 aliphatic carbocycles. The molecule has 0 radical (unpaired) electrons. The second-order valence-corrected chi connectivity index (χ2v) is 12.2. The number of hydrogen-bond acceptors (Lipinski definition) is 7. The lowest BCUT2D eigenvalue weighted by atomic mass is 9.96. The van der Waals surface area contributed by atoms with E-state index in [-0.39, 0.29) is 29.9 Å². The van der Waals surface area contributed by atoms with Crippen LogP contribution in [0.4, 0.5) is 10.3 Å². The first-order valence-corrected chi connectivity index (χ1v) is 15.0. The SMILES string of the molecule is COC1C[C@H](OCc2ccccc2)C[C@@H](/C=C/c2c(-c3ccc(F)cc3)nc(N(C)S(C)(=O)=O)nc2C(C)C)O1. The Balaban J connectivity index is 1.69. The standard InChI is InChI=1S/C30H36FN3O5S/c1-20(2)28-26(29(22-11-13-23(31)14-12-22)33-30(32-28)34(3)40(5,35)36)16-15-24-17-25(18-27(37-4)39-24)38-19-21-9-7-6-8-10-21/h6-16,20,24-25,27H,17-19H2,1-5H3/b16-15+/t24-,25-,27?/m1/s1. The lowest BCUT2D eigenvalue weighted by Crippen LogP contribution is -2.37. The molecule has 3 aromatic rings. The Morgan fingerprint density at radius 3 is 2.42 bits per heavy atom. The second kappa shape index (κ2) is 13.0. The van der Waals surface area contributed by atoms with Crippen LogP contribution >= 0.6 is 0 Å². The summed E-state index contributed by atoms with van der Waals surface area (Å²) in [6, 6.07) is 15.9. The van der Waals surface area contributed by atoms with E-state index < -0.39 is 16.3 Å². The van der Waals surface area contributed by atoms with Gasteiger partial charge in [-0.15, -0.1) is 0 Å². The molecule has 1 unspecified atom stereocenters. The van der Waals surface area contributed by atoms with Crippen LogP contribution in [0, 0.1) is 5.82 Å². The van der Waals surface area contributed by atoms with Gasteiger partial charge in [-0.25, -0.2) is 27.1 Å². The van der Waals surface area contributed by atoms with Crippen LogP contribution < -0.4 is 4.31 Å². The smallest absolute Gasteiger partial charge is 0.239 e. The van der Waals surface area contributed by atoms with E-state index in [1.165, 1.54) is 19.2 Å². The fourth-order valence-corrected chi connectivity index (χ4v) is 4.85. The van der Waals surface area contributed by atoms with Gasteiger partial charge in [-0.1, -0.05) is 56.3 Å². The Labute approximate surface area is 235 Å². The molecule has 0 saturated carbocycles. The highest BCUT2D eigenvalue weighted by molar-refractivity contribution is 7.92. The predicted molar refractivity (Wildman–Crippen MR) is 154 cm³/mol. The third-order valence-electron chi connectivity index (χ3n) is 6.75. The first kappa shape index (κ1) is 29.8. The Bertz CT molecular complexity index is 1420. The molecule has 0 N–H and O–H groups in total. The highest BCUT2D eigenvalue weighted by Crippen LogP contribution is 2.33. The first-order chi connectivity index (χ1) is 19.0. The summed E-state index contributed by atoms with van der Waals surface area (Å²) in [4.78, 5) is 9.26. The lowest BCUT2D eigenvalue weighted by Gasteiger charge is -2.33. The summed E-state index contributed by atoms with van der Waals surface area (Å²) in [7, 11) is -0.582. The van der Waals surface area contributed by atoms with E-state index in [4.69, 9.17) is 14.2 Å². The minimum Gasteiger partial charge on any atom is -0.373 e. The van der Waals surface area contributed by atoms with Crippen molar-refractivity contribution in [3.05, 3.63) is 83.3 Å². The first-order valence-electron chi connectivity index (χ1n) is 13.2. The second-order valence-electron chi connectivity index (χ2n) is 10.2. The van der Waals surface area contributed by atoms with E-state index in [9.17, 15) is 12.8 Å². The molecule has 0 spiro atoms. The summed E-state index contributed by atoms with van der Waals surface area (Å²) in [5.74, 6) is -0.393. The summed E-state index contributed by atoms with van der Waals surface area (Å²) in [6.45, 7) is 4.45. The highest BCUT2D eigenvalue weighted by atomic mass is 32.2. The van der Waals surface area contributed by atoms with Crippen molar-refractivity contribution in [1.82, 2.24) is 9.97 Å². The number of rotatable bonds is 10. The van der Waals surface area contributed by atoms with Gasteiger partial charge in [-0.3, -0.25) is 0 Å². The van der Waals surface area contributed by atoms with Gasteiger partial charge in [0, 0.05) is 38.1 Å². The summed E-state index contributed by atoms with van der Waals surface area (Å²) in [5.41, 5.74) is 3.59. The van der Waals surface area contributed by atoms with Gasteiger partial charge in [0.05, 0.1) is 36.5 Å². The summed E-state index contributed by atoms with van der Waals surface area (Å²) in [5, 5.41) is 0. The van der Waals surface area contributed by atoms with E-state index in [2.05, 4.69) is 9.97 Å². The van der Waals surface area contributed by atoms with Crippen molar-refractivity contribution in [2.75, 3.05) is 24.7 Å². The molecule has 1 aliphatic rings. The van der Waals surface area contributed by atoms with Crippen LogP contribution in [0.5, 0.6) is 0 Å². The third kappa shape index (κ3) is 7.51. The average molecular weight is 570 g/mol. The number of halogens is 1. The zero-order chi connectivity index (χ0) is 28.9. The highest BCUT2D eigenvalue weighted by Gasteiger charge is 2.29. The van der Waals surface area contributed by atoms with Crippen molar-refractivity contribution in [2.45, 2.75) is 57.7 Å². The number of aromatic nitrogens is 2. The maximum atomic E-state index is 13.8. The number of ether oxygens (including phenoxy) is 3. The topological polar surface area (TPSA) is 90.9 Å². The van der Waals surface area contributed by atoms with Crippen molar-refractivity contribution < 1.29 is 27.0 Å². The minimum absolute atomic E-state index is 0.0467. The van der Waals surface area contributed by atoms with Gasteiger partial charge in [0.2, 0.25) is 16.0 Å². The molecule has 0 amide bonds. The molecule has 2 aromatic carbocycles. The number of nitrogens with zero attached hydrogens (tertiary/aromatic N) is 3. The largest absolute Gasteiger partial charge is 0.373 e. The van der Waals surface area contributed by atoms with Gasteiger partial charge < -0.3 is 14.2 Å². The van der Waals surface area contributed by atoms with Crippen molar-refractivity contribution in [3.8, 4) is 11.3 Å². The molecule has 8 nitrogen and oxygen atoms in total. The zero-order valence-corrected chi connectivity index (χ0v) is 24.3. The van der Waals surface area contributed by atoms with Crippen LogP contribution in [0.3, 0.4) is 0 Å². The number of anilines is 1. The van der Waals surface area contributed by atoms with E-state index in [1.807, 2.05) is 56.3 Å². The molecule has 0 bridgehead atoms. The molecule has 1 saturated heterocycles. The Kier molecular flexibility index (Phi) is 9.68. The van der Waals surface area contributed by atoms with Crippen LogP contribution in [0.25, 0.3) is 17.3 Å². The van der Waals surface area contributed by atoms with Crippen LogP contribution in [-0.4, -0.2) is 57.3 Å². The molecule has 1 aliphatic heterocycles. The minimum atomic E-state index is -3.60. The summed E-state index contributed by atoms with van der Waals surface area (Å²) >= 11 is 0. The van der Waals surface area contributed by atoms with E-state index in [0.29, 0.717) is 42.0 Å². The van der Waals surface area contributed by atoms with E-state index in [0.717, 1.165) is 16.1 Å². The number of sulfonamides is 1. The molecule has 1 fully saturated rings. The molecule has 40 heavy (non-hydrogen) atoms.